The van der Waals surface area contributed by atoms with E-state index in [0.717, 1.165) is 22.2 Å². The minimum atomic E-state index is 0.507. The van der Waals surface area contributed by atoms with Crippen LogP contribution in [0.15, 0.2) is 48.8 Å². The maximum atomic E-state index is 6.11. The zero-order valence-electron chi connectivity index (χ0n) is 11.1. The van der Waals surface area contributed by atoms with E-state index < -0.39 is 0 Å². The van der Waals surface area contributed by atoms with Crippen LogP contribution in [0.1, 0.15) is 11.1 Å². The van der Waals surface area contributed by atoms with Gasteiger partial charge in [-0.25, -0.2) is 4.98 Å². The molecule has 4 heteroatoms. The first kappa shape index (κ1) is 12.9. The zero-order valence-corrected chi connectivity index (χ0v) is 11.9. The van der Waals surface area contributed by atoms with E-state index in [1.807, 2.05) is 25.1 Å². The predicted molar refractivity (Wildman–Crippen MR) is 83.1 cm³/mol. The lowest BCUT2D eigenvalue weighted by Crippen LogP contribution is -2.02. The highest BCUT2D eigenvalue weighted by Crippen LogP contribution is 2.23. The number of fused-ring (bicyclic) bond motifs is 1. The van der Waals surface area contributed by atoms with Crippen molar-refractivity contribution in [1.82, 2.24) is 9.97 Å². The number of nitrogens with one attached hydrogen (secondary N) is 1. The summed E-state index contributed by atoms with van der Waals surface area (Å²) in [7, 11) is 0. The van der Waals surface area contributed by atoms with Gasteiger partial charge in [-0.2, -0.15) is 0 Å². The summed E-state index contributed by atoms with van der Waals surface area (Å²) in [5.41, 5.74) is 4.17. The molecule has 2 heterocycles. The second kappa shape index (κ2) is 5.47. The van der Waals surface area contributed by atoms with Crippen LogP contribution in [0.25, 0.3) is 10.9 Å². The van der Waals surface area contributed by atoms with Crippen molar-refractivity contribution in [1.29, 1.82) is 0 Å². The number of benzene rings is 1. The standard InChI is InChI=1S/C16H14ClN3/c1-11-6-8-19-16(17)15(11)20-10-12-4-5-14-13(9-12)3-2-7-18-14/h2-9,20H,10H2,1H3. The number of rotatable bonds is 3. The van der Waals surface area contributed by atoms with Crippen LogP contribution in [-0.2, 0) is 6.54 Å². The van der Waals surface area contributed by atoms with E-state index in [1.165, 1.54) is 5.56 Å². The fourth-order valence-electron chi connectivity index (χ4n) is 2.16. The van der Waals surface area contributed by atoms with Crippen LogP contribution < -0.4 is 5.32 Å². The average molecular weight is 284 g/mol. The monoisotopic (exact) mass is 283 g/mol. The summed E-state index contributed by atoms with van der Waals surface area (Å²) >= 11 is 6.11. The number of hydrogen-bond donors (Lipinski definition) is 1. The van der Waals surface area contributed by atoms with Gasteiger partial charge >= 0.3 is 0 Å². The zero-order chi connectivity index (χ0) is 13.9. The normalized spacial score (nSPS) is 10.7. The molecule has 1 aromatic carbocycles. The molecule has 0 fully saturated rings. The predicted octanol–water partition coefficient (Wildman–Crippen LogP) is 4.20. The van der Waals surface area contributed by atoms with Crippen molar-refractivity contribution < 1.29 is 0 Å². The molecule has 0 spiro atoms. The summed E-state index contributed by atoms with van der Waals surface area (Å²) in [6, 6.07) is 12.2. The molecule has 1 N–H and O–H groups in total. The third-order valence-corrected chi connectivity index (χ3v) is 3.54. The lowest BCUT2D eigenvalue weighted by Gasteiger charge is -2.11. The van der Waals surface area contributed by atoms with Gasteiger partial charge in [0.2, 0.25) is 0 Å². The third-order valence-electron chi connectivity index (χ3n) is 3.25. The van der Waals surface area contributed by atoms with Crippen LogP contribution in [0.4, 0.5) is 5.69 Å². The van der Waals surface area contributed by atoms with Gasteiger partial charge in [-0.05, 0) is 42.3 Å². The molecule has 0 radical (unpaired) electrons. The van der Waals surface area contributed by atoms with E-state index in [9.17, 15) is 0 Å². The van der Waals surface area contributed by atoms with Crippen molar-refractivity contribution >= 4 is 28.2 Å². The molecule has 0 amide bonds. The summed E-state index contributed by atoms with van der Waals surface area (Å²) in [5.74, 6) is 0. The molecule has 0 bridgehead atoms. The Kier molecular flexibility index (Phi) is 3.52. The van der Waals surface area contributed by atoms with Crippen molar-refractivity contribution in [3.8, 4) is 0 Å². The third kappa shape index (κ3) is 2.58. The Hall–Kier alpha value is -2.13. The van der Waals surface area contributed by atoms with Crippen molar-refractivity contribution in [3.05, 3.63) is 65.1 Å². The number of aryl methyl sites for hydroxylation is 1. The fourth-order valence-corrected chi connectivity index (χ4v) is 2.44. The lowest BCUT2D eigenvalue weighted by atomic mass is 10.1. The van der Waals surface area contributed by atoms with Crippen molar-refractivity contribution in [2.75, 3.05) is 5.32 Å². The van der Waals surface area contributed by atoms with Crippen LogP contribution in [0, 0.1) is 6.92 Å². The highest BCUT2D eigenvalue weighted by Gasteiger charge is 2.04. The maximum Gasteiger partial charge on any atom is 0.152 e. The second-order valence-corrected chi connectivity index (χ2v) is 5.04. The Morgan fingerprint density at radius 2 is 2.00 bits per heavy atom. The number of nitrogens with zero attached hydrogens (tertiary/aromatic N) is 2. The number of aromatic nitrogens is 2. The Labute approximate surface area is 122 Å². The van der Waals surface area contributed by atoms with Crippen LogP contribution >= 0.6 is 11.6 Å². The molecule has 2 aromatic heterocycles. The number of halogens is 1. The molecular weight excluding hydrogens is 270 g/mol. The first-order valence-corrected chi connectivity index (χ1v) is 6.80. The number of hydrogen-bond acceptors (Lipinski definition) is 3. The molecule has 3 aromatic rings. The molecule has 0 saturated carbocycles. The van der Waals surface area contributed by atoms with E-state index in [1.54, 1.807) is 12.4 Å². The van der Waals surface area contributed by atoms with Gasteiger partial charge in [-0.15, -0.1) is 0 Å². The minimum absolute atomic E-state index is 0.507. The van der Waals surface area contributed by atoms with Gasteiger partial charge in [0.1, 0.15) is 0 Å². The quantitative estimate of drug-likeness (QED) is 0.732. The van der Waals surface area contributed by atoms with Crippen LogP contribution in [-0.4, -0.2) is 9.97 Å². The molecule has 0 atom stereocenters. The van der Waals surface area contributed by atoms with E-state index >= 15 is 0 Å². The van der Waals surface area contributed by atoms with E-state index in [0.29, 0.717) is 11.7 Å². The van der Waals surface area contributed by atoms with E-state index in [4.69, 9.17) is 11.6 Å². The molecule has 0 aliphatic carbocycles. The van der Waals surface area contributed by atoms with Gasteiger partial charge in [0.25, 0.3) is 0 Å². The van der Waals surface area contributed by atoms with Gasteiger partial charge in [0.15, 0.2) is 5.15 Å². The summed E-state index contributed by atoms with van der Waals surface area (Å²) in [6.07, 6.45) is 3.52. The summed E-state index contributed by atoms with van der Waals surface area (Å²) in [6.45, 7) is 2.72. The van der Waals surface area contributed by atoms with Crippen LogP contribution in [0.2, 0.25) is 5.15 Å². The summed E-state index contributed by atoms with van der Waals surface area (Å²) in [5, 5.41) is 4.99. The Morgan fingerprint density at radius 3 is 2.85 bits per heavy atom. The Bertz CT molecular complexity index is 735. The molecule has 0 aliphatic rings. The molecule has 0 aliphatic heterocycles. The SMILES string of the molecule is Cc1ccnc(Cl)c1NCc1ccc2ncccc2c1. The topological polar surface area (TPSA) is 37.8 Å². The molecule has 0 saturated heterocycles. The number of anilines is 1. The smallest absolute Gasteiger partial charge is 0.152 e. The van der Waals surface area contributed by atoms with Crippen molar-refractivity contribution in [3.63, 3.8) is 0 Å². The minimum Gasteiger partial charge on any atom is -0.378 e. The maximum absolute atomic E-state index is 6.11. The first-order valence-electron chi connectivity index (χ1n) is 6.43. The van der Waals surface area contributed by atoms with Crippen molar-refractivity contribution in [2.24, 2.45) is 0 Å². The molecule has 0 unspecified atom stereocenters. The molecule has 3 nitrogen and oxygen atoms in total. The van der Waals surface area contributed by atoms with Crippen LogP contribution in [0.3, 0.4) is 0 Å². The van der Waals surface area contributed by atoms with Gasteiger partial charge in [-0.1, -0.05) is 23.7 Å². The largest absolute Gasteiger partial charge is 0.378 e. The van der Waals surface area contributed by atoms with E-state index in [-0.39, 0.29) is 0 Å². The van der Waals surface area contributed by atoms with Gasteiger partial charge in [0, 0.05) is 24.3 Å². The average Bonchev–Trinajstić information content (AvgIpc) is 2.46. The molecule has 20 heavy (non-hydrogen) atoms. The Morgan fingerprint density at radius 1 is 1.10 bits per heavy atom. The summed E-state index contributed by atoms with van der Waals surface area (Å²) in [4.78, 5) is 8.41. The van der Waals surface area contributed by atoms with E-state index in [2.05, 4.69) is 33.5 Å². The van der Waals surface area contributed by atoms with Crippen molar-refractivity contribution in [2.45, 2.75) is 13.5 Å². The Balaban J connectivity index is 1.83. The molecule has 100 valence electrons. The molecular formula is C16H14ClN3. The second-order valence-electron chi connectivity index (χ2n) is 4.68. The van der Waals surface area contributed by atoms with Gasteiger partial charge in [0.05, 0.1) is 11.2 Å². The fraction of sp³-hybridized carbons (Fsp3) is 0.125. The van der Waals surface area contributed by atoms with Crippen LogP contribution in [0.5, 0.6) is 0 Å². The van der Waals surface area contributed by atoms with Gasteiger partial charge in [-0.3, -0.25) is 4.98 Å². The molecule has 3 rings (SSSR count). The summed E-state index contributed by atoms with van der Waals surface area (Å²) < 4.78 is 0. The first-order chi connectivity index (χ1) is 9.74. The van der Waals surface area contributed by atoms with Gasteiger partial charge < -0.3 is 5.32 Å². The number of pyridine rings is 2. The highest BCUT2D eigenvalue weighted by atomic mass is 35.5. The lowest BCUT2D eigenvalue weighted by molar-refractivity contribution is 1.13. The highest BCUT2D eigenvalue weighted by molar-refractivity contribution is 6.32.